The Morgan fingerprint density at radius 2 is 1.87 bits per heavy atom. The molecule has 0 atom stereocenters. The summed E-state index contributed by atoms with van der Waals surface area (Å²) in [6.07, 6.45) is 1.32. The van der Waals surface area contributed by atoms with Crippen molar-refractivity contribution in [2.45, 2.75) is 47.5 Å². The molecule has 0 aliphatic rings. The summed E-state index contributed by atoms with van der Waals surface area (Å²) in [5.41, 5.74) is 2.06. The predicted molar refractivity (Wildman–Crippen MR) is 95.5 cm³/mol. The molecular formula is C19H30N2O2. The van der Waals surface area contributed by atoms with E-state index in [-0.39, 0.29) is 11.8 Å². The van der Waals surface area contributed by atoms with Gasteiger partial charge in [0.15, 0.2) is 0 Å². The average Bonchev–Trinajstić information content (AvgIpc) is 2.47. The Labute approximate surface area is 140 Å². The third-order valence-corrected chi connectivity index (χ3v) is 3.95. The van der Waals surface area contributed by atoms with E-state index in [2.05, 4.69) is 13.8 Å². The van der Waals surface area contributed by atoms with E-state index in [1.807, 2.05) is 38.1 Å². The summed E-state index contributed by atoms with van der Waals surface area (Å²) in [5, 5.41) is 0. The summed E-state index contributed by atoms with van der Waals surface area (Å²) in [7, 11) is 0. The zero-order chi connectivity index (χ0) is 17.4. The molecule has 0 radical (unpaired) electrons. The van der Waals surface area contributed by atoms with Crippen LogP contribution in [-0.2, 0) is 9.59 Å². The largest absolute Gasteiger partial charge is 0.342 e. The summed E-state index contributed by atoms with van der Waals surface area (Å²) in [5.74, 6) is 0.651. The number of carbonyl (C=O) groups excluding carboxylic acids is 2. The lowest BCUT2D eigenvalue weighted by molar-refractivity contribution is -0.129. The van der Waals surface area contributed by atoms with Gasteiger partial charge in [-0.3, -0.25) is 9.59 Å². The van der Waals surface area contributed by atoms with Crippen molar-refractivity contribution >= 4 is 17.5 Å². The van der Waals surface area contributed by atoms with E-state index in [1.165, 1.54) is 0 Å². The van der Waals surface area contributed by atoms with Gasteiger partial charge in [0.1, 0.15) is 0 Å². The van der Waals surface area contributed by atoms with Gasteiger partial charge in [-0.2, -0.15) is 0 Å². The van der Waals surface area contributed by atoms with Crippen LogP contribution in [0.4, 0.5) is 5.69 Å². The molecule has 1 aromatic rings. The van der Waals surface area contributed by atoms with Crippen LogP contribution < -0.4 is 4.90 Å². The topological polar surface area (TPSA) is 40.6 Å². The minimum atomic E-state index is 0.0389. The number of nitrogens with zero attached hydrogens (tertiary/aromatic N) is 2. The van der Waals surface area contributed by atoms with Crippen molar-refractivity contribution in [3.63, 3.8) is 0 Å². The maximum absolute atomic E-state index is 12.5. The van der Waals surface area contributed by atoms with Crippen LogP contribution in [0.1, 0.15) is 46.1 Å². The Bertz CT molecular complexity index is 526. The molecule has 0 fully saturated rings. The monoisotopic (exact) mass is 318 g/mol. The second-order valence-electron chi connectivity index (χ2n) is 6.42. The van der Waals surface area contributed by atoms with Crippen molar-refractivity contribution < 1.29 is 9.59 Å². The molecule has 4 heteroatoms. The summed E-state index contributed by atoms with van der Waals surface area (Å²) >= 11 is 0. The molecule has 0 spiro atoms. The third kappa shape index (κ3) is 6.43. The van der Waals surface area contributed by atoms with E-state index in [0.29, 0.717) is 25.4 Å². The molecule has 2 amide bonds. The highest BCUT2D eigenvalue weighted by Gasteiger charge is 2.17. The summed E-state index contributed by atoms with van der Waals surface area (Å²) in [6, 6.07) is 7.95. The first-order chi connectivity index (χ1) is 10.8. The first-order valence-electron chi connectivity index (χ1n) is 8.47. The molecule has 1 rings (SSSR count). The Balaban J connectivity index is 2.66. The molecule has 0 saturated heterocycles. The zero-order valence-electron chi connectivity index (χ0n) is 15.1. The normalized spacial score (nSPS) is 10.7. The van der Waals surface area contributed by atoms with Gasteiger partial charge in [0.25, 0.3) is 0 Å². The SMILES string of the molecule is CCN(C(=O)CCN(CCC(C)C)C(C)=O)c1cccc(C)c1. The summed E-state index contributed by atoms with van der Waals surface area (Å²) in [6.45, 7) is 11.7. The van der Waals surface area contributed by atoms with Crippen LogP contribution in [0, 0.1) is 12.8 Å². The molecule has 0 bridgehead atoms. The van der Waals surface area contributed by atoms with Crippen LogP contribution >= 0.6 is 0 Å². The maximum Gasteiger partial charge on any atom is 0.228 e. The van der Waals surface area contributed by atoms with Gasteiger partial charge in [0.05, 0.1) is 0 Å². The lowest BCUT2D eigenvalue weighted by Gasteiger charge is -2.25. The van der Waals surface area contributed by atoms with Crippen LogP contribution in [0.2, 0.25) is 0 Å². The van der Waals surface area contributed by atoms with Crippen molar-refractivity contribution in [1.82, 2.24) is 4.90 Å². The Morgan fingerprint density at radius 1 is 1.17 bits per heavy atom. The first-order valence-corrected chi connectivity index (χ1v) is 8.47. The molecule has 4 nitrogen and oxygen atoms in total. The molecule has 0 saturated carbocycles. The highest BCUT2D eigenvalue weighted by atomic mass is 16.2. The van der Waals surface area contributed by atoms with E-state index < -0.39 is 0 Å². The van der Waals surface area contributed by atoms with Crippen molar-refractivity contribution in [1.29, 1.82) is 0 Å². The minimum Gasteiger partial charge on any atom is -0.342 e. The van der Waals surface area contributed by atoms with Crippen molar-refractivity contribution in [2.24, 2.45) is 5.92 Å². The van der Waals surface area contributed by atoms with E-state index in [9.17, 15) is 9.59 Å². The first kappa shape index (κ1) is 19.2. The van der Waals surface area contributed by atoms with Crippen molar-refractivity contribution in [3.05, 3.63) is 29.8 Å². The van der Waals surface area contributed by atoms with Gasteiger partial charge in [-0.05, 0) is 43.9 Å². The van der Waals surface area contributed by atoms with Gasteiger partial charge in [-0.1, -0.05) is 26.0 Å². The van der Waals surface area contributed by atoms with E-state index in [4.69, 9.17) is 0 Å². The number of hydrogen-bond donors (Lipinski definition) is 0. The van der Waals surface area contributed by atoms with Crippen molar-refractivity contribution in [3.8, 4) is 0 Å². The van der Waals surface area contributed by atoms with Gasteiger partial charge in [-0.25, -0.2) is 0 Å². The quantitative estimate of drug-likeness (QED) is 0.734. The fourth-order valence-corrected chi connectivity index (χ4v) is 2.51. The molecule has 0 aliphatic heterocycles. The lowest BCUT2D eigenvalue weighted by Crippen LogP contribution is -2.37. The molecule has 0 aromatic heterocycles. The fraction of sp³-hybridized carbons (Fsp3) is 0.579. The molecule has 0 aliphatic carbocycles. The van der Waals surface area contributed by atoms with Gasteiger partial charge >= 0.3 is 0 Å². The van der Waals surface area contributed by atoms with E-state index in [1.54, 1.807) is 16.7 Å². The summed E-state index contributed by atoms with van der Waals surface area (Å²) in [4.78, 5) is 27.8. The molecule has 1 aromatic carbocycles. The second-order valence-corrected chi connectivity index (χ2v) is 6.42. The highest BCUT2D eigenvalue weighted by molar-refractivity contribution is 5.93. The Morgan fingerprint density at radius 3 is 2.39 bits per heavy atom. The van der Waals surface area contributed by atoms with Crippen LogP contribution in [0.5, 0.6) is 0 Å². The molecular weight excluding hydrogens is 288 g/mol. The van der Waals surface area contributed by atoms with Gasteiger partial charge < -0.3 is 9.80 Å². The van der Waals surface area contributed by atoms with Crippen LogP contribution in [-0.4, -0.2) is 36.3 Å². The maximum atomic E-state index is 12.5. The second kappa shape index (κ2) is 9.33. The lowest BCUT2D eigenvalue weighted by atomic mass is 10.1. The minimum absolute atomic E-state index is 0.0389. The molecule has 128 valence electrons. The van der Waals surface area contributed by atoms with Gasteiger partial charge in [0, 0.05) is 38.7 Å². The zero-order valence-corrected chi connectivity index (χ0v) is 15.1. The third-order valence-electron chi connectivity index (χ3n) is 3.95. The predicted octanol–water partition coefficient (Wildman–Crippen LogP) is 3.63. The highest BCUT2D eigenvalue weighted by Crippen LogP contribution is 2.17. The molecule has 0 heterocycles. The number of carbonyl (C=O) groups is 2. The van der Waals surface area contributed by atoms with E-state index in [0.717, 1.165) is 24.2 Å². The molecule has 0 N–H and O–H groups in total. The average molecular weight is 318 g/mol. The van der Waals surface area contributed by atoms with Crippen LogP contribution in [0.3, 0.4) is 0 Å². The number of rotatable bonds is 8. The number of aryl methyl sites for hydroxylation is 1. The van der Waals surface area contributed by atoms with Crippen LogP contribution in [0.25, 0.3) is 0 Å². The number of hydrogen-bond acceptors (Lipinski definition) is 2. The molecule has 23 heavy (non-hydrogen) atoms. The smallest absolute Gasteiger partial charge is 0.228 e. The number of amides is 2. The fourth-order valence-electron chi connectivity index (χ4n) is 2.51. The number of anilines is 1. The summed E-state index contributed by atoms with van der Waals surface area (Å²) < 4.78 is 0. The standard InChI is InChI=1S/C19H30N2O2/c1-6-21(18-9-7-8-16(4)14-18)19(23)11-13-20(17(5)22)12-10-15(2)3/h7-9,14-15H,6,10-13H2,1-5H3. The van der Waals surface area contributed by atoms with Gasteiger partial charge in [-0.15, -0.1) is 0 Å². The number of benzene rings is 1. The Hall–Kier alpha value is -1.84. The van der Waals surface area contributed by atoms with Crippen LogP contribution in [0.15, 0.2) is 24.3 Å². The Kier molecular flexibility index (Phi) is 7.79. The molecule has 0 unspecified atom stereocenters. The van der Waals surface area contributed by atoms with E-state index >= 15 is 0 Å². The van der Waals surface area contributed by atoms with Crippen molar-refractivity contribution in [2.75, 3.05) is 24.5 Å². The van der Waals surface area contributed by atoms with Gasteiger partial charge in [0.2, 0.25) is 11.8 Å².